The van der Waals surface area contributed by atoms with Crippen molar-refractivity contribution in [1.29, 1.82) is 0 Å². The van der Waals surface area contributed by atoms with Crippen molar-refractivity contribution in [2.45, 2.75) is 227 Å². The SMILES string of the molecule is C1CCC(P(C2CCCCC2)C2CCCCC2)CC1.C1CCC(P(C2CCCCC2)C2CCCCC2)CC1.C=C. The first-order chi connectivity index (χ1) is 19.9. The normalized spacial score (nSPS) is 27.6. The van der Waals surface area contributed by atoms with Crippen molar-refractivity contribution in [2.75, 3.05) is 0 Å². The maximum absolute atomic E-state index is 3.00. The summed E-state index contributed by atoms with van der Waals surface area (Å²) in [6, 6.07) is 0. The van der Waals surface area contributed by atoms with Crippen molar-refractivity contribution in [2.24, 2.45) is 0 Å². The van der Waals surface area contributed by atoms with Gasteiger partial charge in [0.15, 0.2) is 0 Å². The molecule has 6 rings (SSSR count). The van der Waals surface area contributed by atoms with E-state index >= 15 is 0 Å². The van der Waals surface area contributed by atoms with Gasteiger partial charge in [-0.2, -0.15) is 0 Å². The Kier molecular flexibility index (Phi) is 16.6. The molecule has 2 heteroatoms. The lowest BCUT2D eigenvalue weighted by Gasteiger charge is -2.44. The van der Waals surface area contributed by atoms with Gasteiger partial charge in [-0.25, -0.2) is 0 Å². The Morgan fingerprint density at radius 3 is 0.475 bits per heavy atom. The molecule has 0 aromatic rings. The Bertz CT molecular complexity index is 472. The minimum Gasteiger partial charge on any atom is -0.106 e. The quantitative estimate of drug-likeness (QED) is 0.214. The molecule has 0 bridgehead atoms. The third-order valence-electron chi connectivity index (χ3n) is 12.0. The number of rotatable bonds is 6. The Morgan fingerprint density at radius 1 is 0.225 bits per heavy atom. The van der Waals surface area contributed by atoms with Crippen molar-refractivity contribution in [3.63, 3.8) is 0 Å². The Balaban J connectivity index is 0.000000174. The minimum atomic E-state index is 0.385. The van der Waals surface area contributed by atoms with Crippen molar-refractivity contribution in [3.05, 3.63) is 13.2 Å². The maximum Gasteiger partial charge on any atom is -0.0204 e. The number of hydrogen-bond acceptors (Lipinski definition) is 0. The van der Waals surface area contributed by atoms with Gasteiger partial charge in [0.1, 0.15) is 0 Å². The van der Waals surface area contributed by atoms with Gasteiger partial charge in [0.25, 0.3) is 0 Å². The van der Waals surface area contributed by atoms with Crippen molar-refractivity contribution < 1.29 is 0 Å². The van der Waals surface area contributed by atoms with Crippen LogP contribution in [0.5, 0.6) is 0 Å². The summed E-state index contributed by atoms with van der Waals surface area (Å²) in [5.41, 5.74) is 7.14. The van der Waals surface area contributed by atoms with Crippen LogP contribution in [0.2, 0.25) is 0 Å². The zero-order valence-electron chi connectivity index (χ0n) is 27.0. The third-order valence-corrected chi connectivity index (χ3v) is 20.1. The van der Waals surface area contributed by atoms with Gasteiger partial charge in [-0.15, -0.1) is 13.2 Å². The van der Waals surface area contributed by atoms with Crippen LogP contribution in [-0.4, -0.2) is 34.0 Å². The molecule has 0 nitrogen and oxygen atoms in total. The van der Waals surface area contributed by atoms with Crippen LogP contribution in [0, 0.1) is 0 Å². The van der Waals surface area contributed by atoms with E-state index in [9.17, 15) is 0 Å². The smallest absolute Gasteiger partial charge is 0.0204 e. The lowest BCUT2D eigenvalue weighted by Crippen LogP contribution is -2.28. The van der Waals surface area contributed by atoms with Crippen LogP contribution < -0.4 is 0 Å². The second kappa shape index (κ2) is 19.8. The van der Waals surface area contributed by atoms with Crippen LogP contribution in [0.3, 0.4) is 0 Å². The van der Waals surface area contributed by atoms with Gasteiger partial charge < -0.3 is 0 Å². The van der Waals surface area contributed by atoms with Gasteiger partial charge in [0, 0.05) is 0 Å². The van der Waals surface area contributed by atoms with Gasteiger partial charge in [-0.3, -0.25) is 0 Å². The van der Waals surface area contributed by atoms with E-state index in [0.717, 1.165) is 0 Å². The largest absolute Gasteiger partial charge is 0.106 e. The molecule has 0 spiro atoms. The Morgan fingerprint density at radius 2 is 0.350 bits per heavy atom. The lowest BCUT2D eigenvalue weighted by atomic mass is 9.99. The van der Waals surface area contributed by atoms with Crippen molar-refractivity contribution in [3.8, 4) is 0 Å². The predicted molar refractivity (Wildman–Crippen MR) is 186 cm³/mol. The summed E-state index contributed by atoms with van der Waals surface area (Å²) in [7, 11) is 0.770. The van der Waals surface area contributed by atoms with E-state index in [2.05, 4.69) is 13.2 Å². The average molecular weight is 589 g/mol. The Labute approximate surface area is 255 Å². The molecule has 0 unspecified atom stereocenters. The fourth-order valence-corrected chi connectivity index (χ4v) is 19.4. The molecule has 6 fully saturated rings. The second-order valence-electron chi connectivity index (χ2n) is 14.6. The fourth-order valence-electron chi connectivity index (χ4n) is 10.1. The van der Waals surface area contributed by atoms with Crippen LogP contribution in [0.4, 0.5) is 0 Å². The highest BCUT2D eigenvalue weighted by Crippen LogP contribution is 2.63. The topological polar surface area (TPSA) is 0 Å². The lowest BCUT2D eigenvalue weighted by molar-refractivity contribution is 0.460. The zero-order valence-corrected chi connectivity index (χ0v) is 28.8. The molecule has 0 atom stereocenters. The third kappa shape index (κ3) is 10.4. The summed E-state index contributed by atoms with van der Waals surface area (Å²) in [5.74, 6) is 0. The highest BCUT2D eigenvalue weighted by Gasteiger charge is 2.37. The standard InChI is InChI=1S/2C18H33P.C2H4/c2*1-4-10-16(11-5-1)19(17-12-6-2-7-13-17)18-14-8-3-9-15-18;1-2/h2*16-18H,1-15H2;1-2H2. The average Bonchev–Trinajstić information content (AvgIpc) is 3.06. The zero-order chi connectivity index (χ0) is 27.8. The molecule has 0 aromatic heterocycles. The molecule has 0 saturated heterocycles. The van der Waals surface area contributed by atoms with Gasteiger partial charge in [0.2, 0.25) is 0 Å². The molecule has 0 aromatic carbocycles. The second-order valence-corrected chi connectivity index (χ2v) is 20.8. The van der Waals surface area contributed by atoms with Crippen LogP contribution in [0.1, 0.15) is 193 Å². The van der Waals surface area contributed by atoms with Crippen molar-refractivity contribution in [1.82, 2.24) is 0 Å². The van der Waals surface area contributed by atoms with Gasteiger partial charge in [0.05, 0.1) is 0 Å². The first-order valence-corrected chi connectivity index (χ1v) is 22.0. The van der Waals surface area contributed by atoms with E-state index < -0.39 is 0 Å². The fraction of sp³-hybridized carbons (Fsp3) is 0.947. The molecule has 0 radical (unpaired) electrons. The Hall–Kier alpha value is 0.600. The van der Waals surface area contributed by atoms with E-state index in [4.69, 9.17) is 0 Å². The summed E-state index contributed by atoms with van der Waals surface area (Å²) in [6.45, 7) is 6.00. The summed E-state index contributed by atoms with van der Waals surface area (Å²) in [5, 5.41) is 0. The highest BCUT2D eigenvalue weighted by molar-refractivity contribution is 7.60. The van der Waals surface area contributed by atoms with Crippen LogP contribution in [0.25, 0.3) is 0 Å². The van der Waals surface area contributed by atoms with Crippen LogP contribution >= 0.6 is 15.8 Å². The van der Waals surface area contributed by atoms with E-state index in [1.807, 2.05) is 0 Å². The summed E-state index contributed by atoms with van der Waals surface area (Å²) in [4.78, 5) is 0. The van der Waals surface area contributed by atoms with Gasteiger partial charge >= 0.3 is 0 Å². The van der Waals surface area contributed by atoms with Crippen molar-refractivity contribution >= 4 is 15.8 Å². The summed E-state index contributed by atoms with van der Waals surface area (Å²) in [6.07, 6.45) is 47.2. The molecular formula is C38H70P2. The molecule has 6 aliphatic rings. The summed E-state index contributed by atoms with van der Waals surface area (Å²) >= 11 is 0. The van der Waals surface area contributed by atoms with E-state index in [0.29, 0.717) is 15.8 Å². The van der Waals surface area contributed by atoms with Gasteiger partial charge in [-0.1, -0.05) is 131 Å². The molecule has 6 saturated carbocycles. The van der Waals surface area contributed by atoms with E-state index in [1.165, 1.54) is 72.5 Å². The van der Waals surface area contributed by atoms with Crippen LogP contribution in [0.15, 0.2) is 13.2 Å². The van der Waals surface area contributed by atoms with Crippen LogP contribution in [-0.2, 0) is 0 Å². The van der Waals surface area contributed by atoms with Gasteiger partial charge in [-0.05, 0) is 111 Å². The molecule has 0 heterocycles. The number of hydrogen-bond donors (Lipinski definition) is 0. The molecule has 6 aliphatic carbocycles. The predicted octanol–water partition coefficient (Wildman–Crippen LogP) is 13.7. The first kappa shape index (κ1) is 33.5. The molecule has 232 valence electrons. The summed E-state index contributed by atoms with van der Waals surface area (Å²) < 4.78 is 0. The first-order valence-electron chi connectivity index (χ1n) is 18.9. The maximum atomic E-state index is 3.00. The molecule has 0 N–H and O–H groups in total. The highest BCUT2D eigenvalue weighted by atomic mass is 31.1. The molecule has 0 aliphatic heterocycles. The molecular weight excluding hydrogens is 518 g/mol. The monoisotopic (exact) mass is 588 g/mol. The van der Waals surface area contributed by atoms with E-state index in [1.54, 1.807) is 154 Å². The van der Waals surface area contributed by atoms with E-state index in [-0.39, 0.29) is 0 Å². The molecule has 0 amide bonds. The molecule has 40 heavy (non-hydrogen) atoms. The minimum absolute atomic E-state index is 0.385.